The van der Waals surface area contributed by atoms with E-state index < -0.39 is 49.0 Å². The van der Waals surface area contributed by atoms with Gasteiger partial charge in [-0.05, 0) is 109 Å². The number of nitrogens with one attached hydrogen (secondary N) is 1. The molecular formula is C95H142N2O11. The lowest BCUT2D eigenvalue weighted by Gasteiger charge is -2.46. The van der Waals surface area contributed by atoms with Gasteiger partial charge in [0, 0.05) is 6.42 Å². The number of carbonyl (C=O) groups is 1. The molecule has 1 saturated heterocycles. The van der Waals surface area contributed by atoms with Crippen LogP contribution < -0.4 is 14.8 Å². The van der Waals surface area contributed by atoms with E-state index >= 15 is 4.79 Å². The normalized spacial score (nSPS) is 16.7. The van der Waals surface area contributed by atoms with Crippen LogP contribution in [0.3, 0.4) is 0 Å². The van der Waals surface area contributed by atoms with E-state index in [4.69, 9.17) is 47.4 Å². The van der Waals surface area contributed by atoms with Crippen molar-refractivity contribution in [3.63, 3.8) is 0 Å². The van der Waals surface area contributed by atoms with Crippen LogP contribution in [0.15, 0.2) is 170 Å². The predicted octanol–water partition coefficient (Wildman–Crippen LogP) is 23.0. The molecule has 0 bridgehead atoms. The van der Waals surface area contributed by atoms with E-state index in [0.717, 1.165) is 89.8 Å². The quantitative estimate of drug-likeness (QED) is 0.0366. The monoisotopic (exact) mass is 1490 g/mol. The Kier molecular flexibility index (Phi) is 47.9. The summed E-state index contributed by atoms with van der Waals surface area (Å²) in [6, 6.07) is 56.2. The summed E-state index contributed by atoms with van der Waals surface area (Å²) in [6.07, 6.45) is 36.0. The van der Waals surface area contributed by atoms with Gasteiger partial charge in [0.15, 0.2) is 6.29 Å². The maximum Gasteiger partial charge on any atom is 0.220 e. The van der Waals surface area contributed by atoms with Crippen LogP contribution in [-0.2, 0) is 82.3 Å². The number of nitrogens with zero attached hydrogens (tertiary/aromatic N) is 1. The number of rotatable bonds is 65. The van der Waals surface area contributed by atoms with Crippen LogP contribution in [0.2, 0.25) is 0 Å². The second-order valence-electron chi connectivity index (χ2n) is 30.3. The topological polar surface area (TPSA) is 125 Å². The van der Waals surface area contributed by atoms with Crippen LogP contribution in [0.25, 0.3) is 0 Å². The standard InChI is InChI=1S/C95H142N2O11/c1-6-9-12-15-18-19-20-21-22-23-28-45-58-88(102-72-83-60-64-85(99-4)65-61-83)91(103-76-84-62-66-86(100-5)67-63-84)87(96-90(98)59-46-29-24-27-32-49-70-97(68-47-30-25-16-13-10-7-2)69-48-31-26-17-14-11-8-3)77-107-95-94(106-75-82-56-43-36-44-57-82)93(105-74-81-54-41-35-42-55-81)92(104-73-80-52-39-34-40-53-80)89(108-95)78-101-71-79-50-37-33-38-51-79/h33-44,50-57,60-67,87-89,91-95H,6-32,45-49,58-59,68-78H2,1-5H3,(H,96,98)/t87-,88+,89+,91-,92-,93-,94+,95-/m0/s1. The zero-order valence-electron chi connectivity index (χ0n) is 67.5. The first-order valence-corrected chi connectivity index (χ1v) is 42.7. The van der Waals surface area contributed by atoms with Gasteiger partial charge in [0.2, 0.25) is 5.91 Å². The van der Waals surface area contributed by atoms with Gasteiger partial charge < -0.3 is 57.6 Å². The minimum absolute atomic E-state index is 0.0107. The van der Waals surface area contributed by atoms with E-state index in [9.17, 15) is 0 Å². The molecule has 598 valence electrons. The Balaban J connectivity index is 1.17. The molecule has 0 radical (unpaired) electrons. The number of carbonyl (C=O) groups excluding carboxylic acids is 1. The molecule has 1 heterocycles. The molecule has 0 spiro atoms. The molecule has 0 aliphatic carbocycles. The Bertz CT molecular complexity index is 3060. The molecule has 13 heteroatoms. The molecule has 1 N–H and O–H groups in total. The van der Waals surface area contributed by atoms with Gasteiger partial charge in [0.05, 0.1) is 79.2 Å². The molecule has 1 aliphatic rings. The number of ether oxygens (including phenoxy) is 10. The van der Waals surface area contributed by atoms with Gasteiger partial charge in [-0.1, -0.05) is 346 Å². The summed E-state index contributed by atoms with van der Waals surface area (Å²) < 4.78 is 68.8. The number of unbranched alkanes of at least 4 members (excludes halogenated alkanes) is 28. The zero-order chi connectivity index (χ0) is 75.8. The SMILES string of the molecule is CCCCCCCCCCCCCC[C@@H](OCc1ccc(OC)cc1)[C@@H](OCc1ccc(OC)cc1)[C@H](CO[C@H]1O[C@H](COCc2ccccc2)[C@H](OCc2ccccc2)[C@H](OCc2ccccc2)[C@H]1OCc1ccccc1)NC(=O)CCCCCCCCN(CCCCCCCCC)CCCCCCCCC. The highest BCUT2D eigenvalue weighted by Gasteiger charge is 2.50. The van der Waals surface area contributed by atoms with Crippen LogP contribution in [0.4, 0.5) is 0 Å². The molecule has 6 aromatic carbocycles. The van der Waals surface area contributed by atoms with Crippen LogP contribution in [-0.4, -0.2) is 107 Å². The number of amides is 1. The summed E-state index contributed by atoms with van der Waals surface area (Å²) in [6.45, 7) is 12.4. The summed E-state index contributed by atoms with van der Waals surface area (Å²) in [5.41, 5.74) is 6.00. The van der Waals surface area contributed by atoms with Crippen molar-refractivity contribution in [1.29, 1.82) is 0 Å². The summed E-state index contributed by atoms with van der Waals surface area (Å²) in [5.74, 6) is 1.48. The lowest BCUT2D eigenvalue weighted by atomic mass is 9.97. The van der Waals surface area contributed by atoms with Gasteiger partial charge >= 0.3 is 0 Å². The second-order valence-corrected chi connectivity index (χ2v) is 30.3. The van der Waals surface area contributed by atoms with Crippen molar-refractivity contribution in [2.75, 3.05) is 47.1 Å². The third-order valence-electron chi connectivity index (χ3n) is 21.2. The number of hydrogen-bond acceptors (Lipinski definition) is 12. The third kappa shape index (κ3) is 37.8. The van der Waals surface area contributed by atoms with E-state index in [1.807, 2.05) is 109 Å². The number of methoxy groups -OCH3 is 2. The van der Waals surface area contributed by atoms with Gasteiger partial charge in [-0.25, -0.2) is 0 Å². The smallest absolute Gasteiger partial charge is 0.220 e. The average Bonchev–Trinajstić information content (AvgIpc) is 0.785. The Labute approximate surface area is 654 Å². The molecule has 8 atom stereocenters. The van der Waals surface area contributed by atoms with E-state index in [2.05, 4.69) is 91.7 Å². The third-order valence-corrected chi connectivity index (χ3v) is 21.2. The van der Waals surface area contributed by atoms with Crippen molar-refractivity contribution in [2.45, 2.75) is 328 Å². The fourth-order valence-corrected chi connectivity index (χ4v) is 14.7. The fourth-order valence-electron chi connectivity index (χ4n) is 14.7. The lowest BCUT2D eigenvalue weighted by molar-refractivity contribution is -0.330. The molecule has 13 nitrogen and oxygen atoms in total. The predicted molar refractivity (Wildman–Crippen MR) is 441 cm³/mol. The highest BCUT2D eigenvalue weighted by molar-refractivity contribution is 5.76. The maximum absolute atomic E-state index is 15.2. The van der Waals surface area contributed by atoms with Gasteiger partial charge in [0.25, 0.3) is 0 Å². The average molecular weight is 1490 g/mol. The number of hydrogen-bond donors (Lipinski definition) is 1. The maximum atomic E-state index is 15.2. The van der Waals surface area contributed by atoms with Crippen LogP contribution in [0, 0.1) is 0 Å². The Hall–Kier alpha value is -5.97. The van der Waals surface area contributed by atoms with Crippen molar-refractivity contribution >= 4 is 5.91 Å². The van der Waals surface area contributed by atoms with Crippen LogP contribution in [0.1, 0.15) is 272 Å². The minimum atomic E-state index is -1.04. The minimum Gasteiger partial charge on any atom is -0.497 e. The molecule has 0 unspecified atom stereocenters. The van der Waals surface area contributed by atoms with Crippen molar-refractivity contribution in [2.24, 2.45) is 0 Å². The van der Waals surface area contributed by atoms with Gasteiger partial charge in [0.1, 0.15) is 42.0 Å². The second kappa shape index (κ2) is 58.0. The van der Waals surface area contributed by atoms with Crippen LogP contribution in [0.5, 0.6) is 11.5 Å². The molecule has 1 fully saturated rings. The largest absolute Gasteiger partial charge is 0.497 e. The van der Waals surface area contributed by atoms with Crippen molar-refractivity contribution in [3.05, 3.63) is 203 Å². The Morgan fingerprint density at radius 2 is 0.741 bits per heavy atom. The van der Waals surface area contributed by atoms with Gasteiger partial charge in [-0.15, -0.1) is 0 Å². The first-order chi connectivity index (χ1) is 53.4. The van der Waals surface area contributed by atoms with Gasteiger partial charge in [-0.2, -0.15) is 0 Å². The highest BCUT2D eigenvalue weighted by atomic mass is 16.7. The lowest BCUT2D eigenvalue weighted by Crippen LogP contribution is -2.62. The van der Waals surface area contributed by atoms with Crippen molar-refractivity contribution in [3.8, 4) is 11.5 Å². The molecule has 6 aromatic rings. The highest BCUT2D eigenvalue weighted by Crippen LogP contribution is 2.33. The molecule has 1 amide bonds. The van der Waals surface area contributed by atoms with E-state index in [-0.39, 0.29) is 38.9 Å². The Morgan fingerprint density at radius 1 is 0.380 bits per heavy atom. The van der Waals surface area contributed by atoms with Gasteiger partial charge in [-0.3, -0.25) is 4.79 Å². The summed E-state index contributed by atoms with van der Waals surface area (Å²) in [7, 11) is 3.37. The van der Waals surface area contributed by atoms with E-state index in [0.29, 0.717) is 32.7 Å². The summed E-state index contributed by atoms with van der Waals surface area (Å²) >= 11 is 0. The fraction of sp³-hybridized carbons (Fsp3) is 0.611. The molecule has 1 aliphatic heterocycles. The first-order valence-electron chi connectivity index (χ1n) is 42.7. The van der Waals surface area contributed by atoms with Crippen molar-refractivity contribution in [1.82, 2.24) is 10.2 Å². The molecule has 108 heavy (non-hydrogen) atoms. The first kappa shape index (κ1) is 89.2. The summed E-state index contributed by atoms with van der Waals surface area (Å²) in [5, 5.41) is 3.60. The zero-order valence-corrected chi connectivity index (χ0v) is 67.5. The molecule has 7 rings (SSSR count). The summed E-state index contributed by atoms with van der Waals surface area (Å²) in [4.78, 5) is 17.9. The van der Waals surface area contributed by atoms with E-state index in [1.165, 1.54) is 180 Å². The van der Waals surface area contributed by atoms with Crippen LogP contribution >= 0.6 is 0 Å². The molecule has 0 saturated carbocycles. The Morgan fingerprint density at radius 3 is 1.17 bits per heavy atom. The van der Waals surface area contributed by atoms with E-state index in [1.54, 1.807) is 14.2 Å². The number of benzene rings is 6. The van der Waals surface area contributed by atoms with Crippen molar-refractivity contribution < 1.29 is 52.2 Å². The molecular weight excluding hydrogens is 1350 g/mol. The molecule has 0 aromatic heterocycles.